The maximum absolute atomic E-state index is 6.36. The van der Waals surface area contributed by atoms with Crippen molar-refractivity contribution in [1.82, 2.24) is 24.6 Å². The van der Waals surface area contributed by atoms with Gasteiger partial charge in [-0.3, -0.25) is 9.58 Å². The number of likely N-dealkylation sites (tertiary alicyclic amines) is 1. The van der Waals surface area contributed by atoms with Crippen LogP contribution in [0.25, 0.3) is 11.0 Å². The molecule has 0 radical (unpaired) electrons. The first-order valence-corrected chi connectivity index (χ1v) is 8.84. The lowest BCUT2D eigenvalue weighted by Crippen LogP contribution is -2.33. The van der Waals surface area contributed by atoms with E-state index in [9.17, 15) is 0 Å². The largest absolute Gasteiger partial charge is 0.342 e. The molecule has 0 unspecified atom stereocenters. The zero-order valence-electron chi connectivity index (χ0n) is 14.1. The Morgan fingerprint density at radius 3 is 2.67 bits per heavy atom. The Morgan fingerprint density at radius 1 is 1.25 bits per heavy atom. The smallest absolute Gasteiger partial charge is 0.131 e. The Labute approximate surface area is 146 Å². The van der Waals surface area contributed by atoms with Crippen LogP contribution < -0.4 is 0 Å². The minimum atomic E-state index is 0.513. The highest BCUT2D eigenvalue weighted by atomic mass is 35.5. The summed E-state index contributed by atoms with van der Waals surface area (Å²) in [6.07, 6.45) is 2.24. The van der Waals surface area contributed by atoms with Crippen LogP contribution in [0.15, 0.2) is 24.3 Å². The number of benzene rings is 1. The van der Waals surface area contributed by atoms with Gasteiger partial charge in [0.15, 0.2) is 0 Å². The summed E-state index contributed by atoms with van der Waals surface area (Å²) in [4.78, 5) is 10.7. The number of H-pyrrole nitrogens is 1. The van der Waals surface area contributed by atoms with Gasteiger partial charge in [0.05, 0.1) is 16.7 Å². The average molecular weight is 344 g/mol. The van der Waals surface area contributed by atoms with E-state index in [-0.39, 0.29) is 0 Å². The van der Waals surface area contributed by atoms with E-state index in [1.807, 2.05) is 26.1 Å². The molecular formula is C18H22ClN5. The van der Waals surface area contributed by atoms with Crippen molar-refractivity contribution >= 4 is 22.6 Å². The number of piperidine rings is 1. The molecule has 2 aromatic heterocycles. The number of hydrogen-bond acceptors (Lipinski definition) is 3. The molecule has 126 valence electrons. The van der Waals surface area contributed by atoms with E-state index in [1.54, 1.807) is 4.68 Å². The van der Waals surface area contributed by atoms with Gasteiger partial charge in [-0.15, -0.1) is 0 Å². The number of aromatic nitrogens is 4. The summed E-state index contributed by atoms with van der Waals surface area (Å²) in [5, 5.41) is 5.16. The monoisotopic (exact) mass is 343 g/mol. The number of aromatic amines is 1. The lowest BCUT2D eigenvalue weighted by Gasteiger charge is -2.31. The van der Waals surface area contributed by atoms with E-state index in [1.165, 1.54) is 0 Å². The SMILES string of the molecule is Cc1nn(C)c(Cl)c1CN1CCC(c2nc3ccccc3[nH]2)CC1. The summed E-state index contributed by atoms with van der Waals surface area (Å²) in [7, 11) is 1.90. The van der Waals surface area contributed by atoms with Crippen molar-refractivity contribution in [1.29, 1.82) is 0 Å². The van der Waals surface area contributed by atoms with Crippen LogP contribution in [0.5, 0.6) is 0 Å². The maximum atomic E-state index is 6.36. The Bertz CT molecular complexity index is 825. The Morgan fingerprint density at radius 2 is 2.00 bits per heavy atom. The number of nitrogens with one attached hydrogen (secondary N) is 1. The van der Waals surface area contributed by atoms with Crippen LogP contribution in [0.4, 0.5) is 0 Å². The summed E-state index contributed by atoms with van der Waals surface area (Å²) in [5.41, 5.74) is 4.38. The fourth-order valence-corrected chi connectivity index (χ4v) is 3.84. The lowest BCUT2D eigenvalue weighted by atomic mass is 9.96. The zero-order valence-corrected chi connectivity index (χ0v) is 14.8. The third kappa shape index (κ3) is 2.82. The third-order valence-electron chi connectivity index (χ3n) is 5.03. The molecule has 1 aromatic carbocycles. The van der Waals surface area contributed by atoms with E-state index >= 15 is 0 Å². The van der Waals surface area contributed by atoms with Crippen molar-refractivity contribution in [3.8, 4) is 0 Å². The van der Waals surface area contributed by atoms with Crippen molar-refractivity contribution in [3.05, 3.63) is 46.5 Å². The highest BCUT2D eigenvalue weighted by Gasteiger charge is 2.24. The fraction of sp³-hybridized carbons (Fsp3) is 0.444. The molecule has 0 aliphatic carbocycles. The third-order valence-corrected chi connectivity index (χ3v) is 5.51. The molecule has 1 N–H and O–H groups in total. The first kappa shape index (κ1) is 15.7. The molecule has 3 aromatic rings. The van der Waals surface area contributed by atoms with Crippen molar-refractivity contribution in [3.63, 3.8) is 0 Å². The van der Waals surface area contributed by atoms with Crippen LogP contribution in [0.2, 0.25) is 5.15 Å². The van der Waals surface area contributed by atoms with Crippen molar-refractivity contribution in [2.75, 3.05) is 13.1 Å². The number of hydrogen-bond donors (Lipinski definition) is 1. The Kier molecular flexibility index (Phi) is 4.06. The Hall–Kier alpha value is -1.85. The molecule has 0 spiro atoms. The summed E-state index contributed by atoms with van der Waals surface area (Å²) >= 11 is 6.36. The quantitative estimate of drug-likeness (QED) is 0.790. The number of nitrogens with zero attached hydrogens (tertiary/aromatic N) is 4. The number of para-hydroxylation sites is 2. The highest BCUT2D eigenvalue weighted by molar-refractivity contribution is 6.30. The normalized spacial score (nSPS) is 17.0. The minimum absolute atomic E-state index is 0.513. The molecule has 1 aliphatic rings. The van der Waals surface area contributed by atoms with Gasteiger partial charge >= 0.3 is 0 Å². The maximum Gasteiger partial charge on any atom is 0.131 e. The van der Waals surface area contributed by atoms with Crippen LogP contribution >= 0.6 is 11.6 Å². The number of aryl methyl sites for hydroxylation is 2. The van der Waals surface area contributed by atoms with E-state index in [0.717, 1.165) is 65.7 Å². The molecule has 0 bridgehead atoms. The number of halogens is 1. The number of imidazole rings is 1. The second kappa shape index (κ2) is 6.22. The topological polar surface area (TPSA) is 49.7 Å². The second-order valence-corrected chi connectivity index (χ2v) is 7.03. The van der Waals surface area contributed by atoms with Gasteiger partial charge < -0.3 is 4.98 Å². The van der Waals surface area contributed by atoms with Crippen LogP contribution in [-0.2, 0) is 13.6 Å². The summed E-state index contributed by atoms with van der Waals surface area (Å²) in [5.74, 6) is 1.64. The zero-order chi connectivity index (χ0) is 16.7. The van der Waals surface area contributed by atoms with Crippen LogP contribution in [0, 0.1) is 6.92 Å². The van der Waals surface area contributed by atoms with E-state index in [2.05, 4.69) is 27.1 Å². The van der Waals surface area contributed by atoms with Gasteiger partial charge in [0.25, 0.3) is 0 Å². The van der Waals surface area contributed by atoms with Gasteiger partial charge in [-0.25, -0.2) is 4.98 Å². The van der Waals surface area contributed by atoms with E-state index in [4.69, 9.17) is 16.6 Å². The average Bonchev–Trinajstić information content (AvgIpc) is 3.12. The van der Waals surface area contributed by atoms with Crippen LogP contribution in [-0.4, -0.2) is 37.7 Å². The van der Waals surface area contributed by atoms with Gasteiger partial charge in [-0.1, -0.05) is 23.7 Å². The van der Waals surface area contributed by atoms with Gasteiger partial charge in [-0.05, 0) is 45.0 Å². The summed E-state index contributed by atoms with van der Waals surface area (Å²) < 4.78 is 1.76. The predicted molar refractivity (Wildman–Crippen MR) is 96.3 cm³/mol. The first-order valence-electron chi connectivity index (χ1n) is 8.47. The lowest BCUT2D eigenvalue weighted by molar-refractivity contribution is 0.202. The van der Waals surface area contributed by atoms with Crippen LogP contribution in [0.3, 0.4) is 0 Å². The minimum Gasteiger partial charge on any atom is -0.342 e. The fourth-order valence-electron chi connectivity index (χ4n) is 3.61. The first-order chi connectivity index (χ1) is 11.6. The molecular weight excluding hydrogens is 322 g/mol. The molecule has 6 heteroatoms. The highest BCUT2D eigenvalue weighted by Crippen LogP contribution is 2.29. The van der Waals surface area contributed by atoms with E-state index < -0.39 is 0 Å². The standard InChI is InChI=1S/C18H22ClN5/c1-12-14(17(19)23(2)22-12)11-24-9-7-13(8-10-24)18-20-15-5-3-4-6-16(15)21-18/h3-6,13H,7-11H2,1-2H3,(H,20,21). The molecule has 24 heavy (non-hydrogen) atoms. The predicted octanol–water partition coefficient (Wildman–Crippen LogP) is 3.64. The van der Waals surface area contributed by atoms with Crippen LogP contribution in [0.1, 0.15) is 35.8 Å². The molecule has 3 heterocycles. The molecule has 1 fully saturated rings. The van der Waals surface area contributed by atoms with Crippen molar-refractivity contribution in [2.45, 2.75) is 32.2 Å². The summed E-state index contributed by atoms with van der Waals surface area (Å²) in [6.45, 7) is 5.03. The number of fused-ring (bicyclic) bond motifs is 1. The summed E-state index contributed by atoms with van der Waals surface area (Å²) in [6, 6.07) is 8.24. The van der Waals surface area contributed by atoms with Gasteiger partial charge in [0, 0.05) is 25.1 Å². The van der Waals surface area contributed by atoms with Gasteiger partial charge in [-0.2, -0.15) is 5.10 Å². The number of rotatable bonds is 3. The van der Waals surface area contributed by atoms with Gasteiger partial charge in [0.1, 0.15) is 11.0 Å². The molecule has 1 aliphatic heterocycles. The molecule has 0 amide bonds. The molecule has 0 saturated carbocycles. The molecule has 0 atom stereocenters. The van der Waals surface area contributed by atoms with E-state index in [0.29, 0.717) is 5.92 Å². The molecule has 5 nitrogen and oxygen atoms in total. The second-order valence-electron chi connectivity index (χ2n) is 6.67. The Balaban J connectivity index is 1.43. The molecule has 1 saturated heterocycles. The van der Waals surface area contributed by atoms with Gasteiger partial charge in [0.2, 0.25) is 0 Å². The molecule has 4 rings (SSSR count). The van der Waals surface area contributed by atoms with Crippen molar-refractivity contribution in [2.24, 2.45) is 7.05 Å². The van der Waals surface area contributed by atoms with Crippen molar-refractivity contribution < 1.29 is 0 Å².